The molecule has 93 heavy (non-hydrogen) atoms. The van der Waals surface area contributed by atoms with Crippen molar-refractivity contribution in [2.45, 2.75) is 355 Å². The summed E-state index contributed by atoms with van der Waals surface area (Å²) in [6, 6.07) is -4.59. The topological polar surface area (TPSA) is 400 Å². The van der Waals surface area contributed by atoms with Crippen molar-refractivity contribution in [1.82, 2.24) is 15.5 Å². The Morgan fingerprint density at radius 1 is 0.430 bits per heavy atom. The maximum atomic E-state index is 13.6. The molecule has 0 aromatic carbocycles. The molecule has 0 aromatic heterocycles. The molecule has 3 heterocycles. The Bertz CT molecular complexity index is 1980. The molecule has 4 fully saturated rings. The Morgan fingerprint density at radius 2 is 0.849 bits per heavy atom. The van der Waals surface area contributed by atoms with Gasteiger partial charge < -0.3 is 108 Å². The van der Waals surface area contributed by atoms with Crippen LogP contribution in [-0.2, 0) is 42.8 Å². The minimum Gasteiger partial charge on any atom is -0.394 e. The zero-order valence-electron chi connectivity index (χ0n) is 56.8. The average molecular weight is 1330 g/mol. The van der Waals surface area contributed by atoms with Crippen molar-refractivity contribution >= 4 is 17.7 Å². The zero-order chi connectivity index (χ0) is 67.8. The summed E-state index contributed by atoms with van der Waals surface area (Å²) in [7, 11) is 0. The maximum Gasteiger partial charge on any atom is 0.223 e. The number of hydrogen-bond acceptors (Lipinski definition) is 21. The molecule has 0 radical (unpaired) electrons. The molecule has 0 spiro atoms. The average Bonchev–Trinajstić information content (AvgIpc) is 1.79. The third kappa shape index (κ3) is 30.9. The number of unbranched alkanes of at least 4 members (excludes halogenated alkanes) is 26. The first kappa shape index (κ1) is 82.6. The smallest absolute Gasteiger partial charge is 0.223 e. The highest BCUT2D eigenvalue weighted by molar-refractivity contribution is 5.83. The normalized spacial score (nSPS) is 30.8. The Hall–Kier alpha value is -2.83. The van der Waals surface area contributed by atoms with E-state index in [-0.39, 0.29) is 49.9 Å². The van der Waals surface area contributed by atoms with E-state index in [0.29, 0.717) is 25.8 Å². The van der Waals surface area contributed by atoms with Gasteiger partial charge in [0.25, 0.3) is 0 Å². The third-order valence-electron chi connectivity index (χ3n) is 18.8. The molecule has 4 aliphatic rings. The second-order valence-electron chi connectivity index (χ2n) is 26.7. The predicted octanol–water partition coefficient (Wildman–Crippen LogP) is 4.66. The molecule has 1 aliphatic carbocycles. The van der Waals surface area contributed by atoms with Crippen molar-refractivity contribution in [2.75, 3.05) is 39.4 Å². The maximum absolute atomic E-state index is 13.6. The van der Waals surface area contributed by atoms with Crippen molar-refractivity contribution in [3.63, 3.8) is 0 Å². The summed E-state index contributed by atoms with van der Waals surface area (Å²) >= 11 is 0. The van der Waals surface area contributed by atoms with Crippen LogP contribution in [0, 0.1) is 0 Å². The Balaban J connectivity index is 1.15. The number of aliphatic hydroxyl groups is 8. The fourth-order valence-corrected chi connectivity index (χ4v) is 12.7. The quantitative estimate of drug-likeness (QED) is 0.0291. The molecule has 3 amide bonds. The van der Waals surface area contributed by atoms with Gasteiger partial charge in [0.05, 0.1) is 31.4 Å². The lowest BCUT2D eigenvalue weighted by Gasteiger charge is -2.47. The molecule has 7 unspecified atom stereocenters. The Morgan fingerprint density at radius 3 is 1.35 bits per heavy atom. The van der Waals surface area contributed by atoms with Crippen LogP contribution >= 0.6 is 0 Å². The van der Waals surface area contributed by atoms with Crippen LogP contribution in [0.1, 0.15) is 239 Å². The minimum atomic E-state index is -1.72. The summed E-state index contributed by atoms with van der Waals surface area (Å²) in [6.07, 6.45) is 24.0. The Kier molecular flexibility index (Phi) is 43.4. The van der Waals surface area contributed by atoms with Gasteiger partial charge in [0.2, 0.25) is 17.7 Å². The van der Waals surface area contributed by atoms with Crippen LogP contribution in [0.3, 0.4) is 0 Å². The van der Waals surface area contributed by atoms with Gasteiger partial charge in [0.15, 0.2) is 18.9 Å². The van der Waals surface area contributed by atoms with E-state index in [9.17, 15) is 55.2 Å². The summed E-state index contributed by atoms with van der Waals surface area (Å²) in [5.74, 6) is -0.518. The molecular weight excluding hydrogens is 1200 g/mol. The number of rotatable bonds is 51. The molecule has 0 aromatic rings. The van der Waals surface area contributed by atoms with Gasteiger partial charge in [-0.2, -0.15) is 0 Å². The van der Waals surface area contributed by atoms with E-state index in [1.54, 1.807) is 0 Å². The number of amides is 3. The van der Waals surface area contributed by atoms with Crippen LogP contribution in [0.4, 0.5) is 0 Å². The first-order valence-corrected chi connectivity index (χ1v) is 36.3. The molecule has 3 saturated heterocycles. The standard InChI is InChI=1S/C69H129N7O17/c1-3-5-7-9-11-13-15-17-19-21-23-25-27-29-31-36-42-76(43-37-32-30-28-26-24-22-20-18-16-14-12-10-8-6-4-2)55(81)40-39-54(80)74-41-35-33-34-38-53(79)75-45-50-59(83)61(85)56(72)67(88-50)92-65-52(47-78)90-69(63(65)87)93-66-58(82)48(70)44-49(71)64(66)91-68-57(73)62(86)60(84)51(46-77)89-68/h17-20,48-52,56-69,77-78,82-87H,3-16,21-47,70-73H2,1-2H3,(H,74,80)(H,75,79)/b19-17-,20-18-/t48-,49?,50?,51?,52-,56-,57?,58?,59-,60-,61?,62-,63?,64-,65+,66-,67-,68-,69+/m1/s1. The number of carbonyl (C=O) groups excluding carboxylic acids is 3. The fraction of sp³-hybridized carbons (Fsp3) is 0.899. The number of hydrogen-bond donors (Lipinski definition) is 14. The lowest BCUT2D eigenvalue weighted by atomic mass is 9.84. The first-order valence-electron chi connectivity index (χ1n) is 36.3. The van der Waals surface area contributed by atoms with Gasteiger partial charge in [-0.15, -0.1) is 0 Å². The van der Waals surface area contributed by atoms with Crippen LogP contribution in [0.2, 0.25) is 0 Å². The molecule has 4 rings (SSSR count). The number of carbonyl (C=O) groups is 3. The molecule has 1 saturated carbocycles. The van der Waals surface area contributed by atoms with Gasteiger partial charge in [-0.05, 0) is 83.5 Å². The van der Waals surface area contributed by atoms with Crippen molar-refractivity contribution in [3.05, 3.63) is 24.3 Å². The second kappa shape index (κ2) is 48.8. The number of aliphatic hydroxyl groups excluding tert-OH is 8. The van der Waals surface area contributed by atoms with Crippen LogP contribution < -0.4 is 33.6 Å². The highest BCUT2D eigenvalue weighted by Crippen LogP contribution is 2.35. The van der Waals surface area contributed by atoms with E-state index in [2.05, 4.69) is 48.8 Å². The van der Waals surface area contributed by atoms with E-state index >= 15 is 0 Å². The van der Waals surface area contributed by atoms with Gasteiger partial charge in [-0.25, -0.2) is 0 Å². The summed E-state index contributed by atoms with van der Waals surface area (Å²) < 4.78 is 35.6. The van der Waals surface area contributed by atoms with Crippen molar-refractivity contribution in [3.8, 4) is 0 Å². The number of nitrogens with two attached hydrogens (primary N) is 4. The lowest BCUT2D eigenvalue weighted by Crippen LogP contribution is -2.68. The van der Waals surface area contributed by atoms with Gasteiger partial charge in [0, 0.05) is 57.5 Å². The zero-order valence-corrected chi connectivity index (χ0v) is 56.8. The molecule has 19 atom stereocenters. The number of nitrogens with one attached hydrogen (secondary N) is 2. The molecule has 18 N–H and O–H groups in total. The minimum absolute atomic E-state index is 0.0254. The Labute approximate surface area is 556 Å². The molecule has 24 nitrogen and oxygen atoms in total. The van der Waals surface area contributed by atoms with E-state index in [1.165, 1.54) is 128 Å². The number of nitrogens with zero attached hydrogens (tertiary/aromatic N) is 1. The van der Waals surface area contributed by atoms with Crippen molar-refractivity contribution in [2.24, 2.45) is 22.9 Å². The largest absolute Gasteiger partial charge is 0.394 e. The molecule has 3 aliphatic heterocycles. The third-order valence-corrected chi connectivity index (χ3v) is 18.8. The molecular formula is C69H129N7O17. The van der Waals surface area contributed by atoms with Crippen molar-refractivity contribution in [1.29, 1.82) is 0 Å². The van der Waals surface area contributed by atoms with E-state index in [4.69, 9.17) is 51.4 Å². The highest BCUT2D eigenvalue weighted by atomic mass is 16.8. The van der Waals surface area contributed by atoms with Crippen LogP contribution in [0.5, 0.6) is 0 Å². The van der Waals surface area contributed by atoms with Gasteiger partial charge in [-0.3, -0.25) is 14.4 Å². The van der Waals surface area contributed by atoms with Crippen LogP contribution in [-0.4, -0.2) is 219 Å². The lowest BCUT2D eigenvalue weighted by molar-refractivity contribution is -0.310. The van der Waals surface area contributed by atoms with E-state index < -0.39 is 129 Å². The second-order valence-corrected chi connectivity index (χ2v) is 26.7. The molecule has 24 heteroatoms. The van der Waals surface area contributed by atoms with Gasteiger partial charge in [-0.1, -0.05) is 160 Å². The number of ether oxygens (including phenoxy) is 6. The summed E-state index contributed by atoms with van der Waals surface area (Å²) in [4.78, 5) is 41.5. The summed E-state index contributed by atoms with van der Waals surface area (Å²) in [5, 5.41) is 91.2. The molecule has 542 valence electrons. The van der Waals surface area contributed by atoms with Gasteiger partial charge >= 0.3 is 0 Å². The SMILES string of the molecule is CCCCCCCC/C=C\CCCCCCCCN(CCCCCCCC/C=C\CCCCCCCC)C(=O)CCC(=O)NCCCCCC(=O)NCC1O[C@H](O[C@@H]2C(O)[C@H](O[C@@H]3C(O)[C@H](N)CC(N)[C@H]3O[C@H]3OC(CO)[C@@H](O)[C@H](O)C3N)O[C@@H]2CO)[C@H](N)C(O)[C@@H]1O. The van der Waals surface area contributed by atoms with Crippen LogP contribution in [0.25, 0.3) is 0 Å². The van der Waals surface area contributed by atoms with Crippen molar-refractivity contribution < 1.29 is 83.7 Å². The van der Waals surface area contributed by atoms with E-state index in [1.807, 2.05) is 4.90 Å². The molecule has 0 bridgehead atoms. The van der Waals surface area contributed by atoms with Crippen LogP contribution in [0.15, 0.2) is 24.3 Å². The van der Waals surface area contributed by atoms with Gasteiger partial charge in [0.1, 0.15) is 67.1 Å². The summed E-state index contributed by atoms with van der Waals surface area (Å²) in [6.45, 7) is 4.68. The highest BCUT2D eigenvalue weighted by Gasteiger charge is 2.54. The fourth-order valence-electron chi connectivity index (χ4n) is 12.7. The summed E-state index contributed by atoms with van der Waals surface area (Å²) in [5.41, 5.74) is 25.0. The first-order chi connectivity index (χ1) is 45.0. The predicted molar refractivity (Wildman–Crippen MR) is 357 cm³/mol. The monoisotopic (exact) mass is 1330 g/mol. The number of allylic oxidation sites excluding steroid dienone is 4. The van der Waals surface area contributed by atoms with E-state index in [0.717, 1.165) is 64.5 Å².